The third kappa shape index (κ3) is 3.61. The maximum Gasteiger partial charge on any atom is 0.334 e. The minimum absolute atomic E-state index is 0.0530. The van der Waals surface area contributed by atoms with Crippen molar-refractivity contribution in [1.82, 2.24) is 5.32 Å². The normalized spacial score (nSPS) is 16.4. The lowest BCUT2D eigenvalue weighted by Crippen LogP contribution is -2.23. The van der Waals surface area contributed by atoms with Crippen molar-refractivity contribution in [2.24, 2.45) is 0 Å². The molecule has 0 fully saturated rings. The molecule has 1 atom stereocenters. The number of fused-ring (bicyclic) bond motifs is 1. The number of thioether (sulfide) groups is 1. The number of carboxylic acid groups (broad SMARTS) is 1. The molecule has 1 amide bonds. The number of carboxylic acids is 1. The molecule has 0 saturated heterocycles. The highest BCUT2D eigenvalue weighted by atomic mass is 32.2. The maximum atomic E-state index is 14.4. The molecule has 4 rings (SSSR count). The number of thiophene rings is 1. The van der Waals surface area contributed by atoms with Crippen molar-refractivity contribution in [1.29, 1.82) is 0 Å². The van der Waals surface area contributed by atoms with E-state index in [2.05, 4.69) is 5.32 Å². The summed E-state index contributed by atoms with van der Waals surface area (Å²) in [6.45, 7) is 1.76. The molecule has 0 bridgehead atoms. The van der Waals surface area contributed by atoms with Gasteiger partial charge in [0.2, 0.25) is 0 Å². The molecule has 1 aliphatic heterocycles. The van der Waals surface area contributed by atoms with Crippen molar-refractivity contribution in [3.05, 3.63) is 74.9 Å². The number of aromatic hydroxyl groups is 1. The van der Waals surface area contributed by atoms with Gasteiger partial charge in [0.15, 0.2) is 0 Å². The zero-order valence-corrected chi connectivity index (χ0v) is 16.9. The Labute approximate surface area is 173 Å². The van der Waals surface area contributed by atoms with E-state index in [-0.39, 0.29) is 27.5 Å². The van der Waals surface area contributed by atoms with Crippen LogP contribution in [0.4, 0.5) is 4.39 Å². The van der Waals surface area contributed by atoms with Crippen LogP contribution < -0.4 is 5.32 Å². The quantitative estimate of drug-likeness (QED) is 0.564. The third-order valence-corrected chi connectivity index (χ3v) is 6.78. The first kappa shape index (κ1) is 19.5. The Morgan fingerprint density at radius 1 is 1.21 bits per heavy atom. The Hall–Kier alpha value is -2.84. The van der Waals surface area contributed by atoms with E-state index in [1.165, 1.54) is 23.5 Å². The number of hydrogen-bond acceptors (Lipinski definition) is 5. The molecule has 3 aromatic rings. The van der Waals surface area contributed by atoms with Crippen LogP contribution in [0, 0.1) is 12.7 Å². The lowest BCUT2D eigenvalue weighted by molar-refractivity contribution is -0.132. The summed E-state index contributed by atoms with van der Waals surface area (Å²) >= 11 is 2.58. The van der Waals surface area contributed by atoms with Gasteiger partial charge in [0.1, 0.15) is 11.6 Å². The SMILES string of the molecule is Cc1ccc(C2CSC(NC(=O)c3cc4sccc4cc3O)=C2C(=O)O)c(F)c1. The zero-order chi connectivity index (χ0) is 20.7. The van der Waals surface area contributed by atoms with Crippen LogP contribution in [-0.4, -0.2) is 27.8 Å². The fraction of sp³-hybridized carbons (Fsp3) is 0.143. The number of benzene rings is 2. The van der Waals surface area contributed by atoms with Gasteiger partial charge in [-0.1, -0.05) is 12.1 Å². The summed E-state index contributed by atoms with van der Waals surface area (Å²) < 4.78 is 15.3. The molecule has 148 valence electrons. The van der Waals surface area contributed by atoms with Crippen LogP contribution in [0.25, 0.3) is 10.1 Å². The number of phenolic OH excluding ortho intramolecular Hbond substituents is 1. The number of carbonyl (C=O) groups excluding carboxylic acids is 1. The Kier molecular flexibility index (Phi) is 5.06. The molecular formula is C21H16FNO4S2. The fourth-order valence-electron chi connectivity index (χ4n) is 3.35. The van der Waals surface area contributed by atoms with E-state index in [4.69, 9.17) is 0 Å². The monoisotopic (exact) mass is 429 g/mol. The molecule has 0 spiro atoms. The summed E-state index contributed by atoms with van der Waals surface area (Å²) in [6.07, 6.45) is 0. The molecule has 1 aliphatic rings. The number of phenols is 1. The number of rotatable bonds is 4. The number of carbonyl (C=O) groups is 2. The van der Waals surface area contributed by atoms with Crippen molar-refractivity contribution in [3.63, 3.8) is 0 Å². The Morgan fingerprint density at radius 3 is 2.72 bits per heavy atom. The van der Waals surface area contributed by atoms with E-state index in [0.29, 0.717) is 5.75 Å². The summed E-state index contributed by atoms with van der Waals surface area (Å²) in [5, 5.41) is 25.3. The van der Waals surface area contributed by atoms with Gasteiger partial charge in [0.05, 0.1) is 16.2 Å². The first-order chi connectivity index (χ1) is 13.8. The second kappa shape index (κ2) is 7.53. The molecule has 0 saturated carbocycles. The summed E-state index contributed by atoms with van der Waals surface area (Å²) in [7, 11) is 0. The van der Waals surface area contributed by atoms with Gasteiger partial charge >= 0.3 is 5.97 Å². The Balaban J connectivity index is 1.68. The van der Waals surface area contributed by atoms with Crippen LogP contribution >= 0.6 is 23.1 Å². The highest BCUT2D eigenvalue weighted by Gasteiger charge is 2.35. The van der Waals surface area contributed by atoms with Crippen LogP contribution in [-0.2, 0) is 4.79 Å². The first-order valence-corrected chi connectivity index (χ1v) is 10.6. The predicted octanol–water partition coefficient (Wildman–Crippen LogP) is 4.61. The minimum Gasteiger partial charge on any atom is -0.507 e. The van der Waals surface area contributed by atoms with E-state index in [9.17, 15) is 24.2 Å². The van der Waals surface area contributed by atoms with Crippen molar-refractivity contribution in [2.75, 3.05) is 5.75 Å². The average Bonchev–Trinajstić information content (AvgIpc) is 3.27. The van der Waals surface area contributed by atoms with Gasteiger partial charge in [-0.05, 0) is 53.1 Å². The largest absolute Gasteiger partial charge is 0.507 e. The Bertz CT molecular complexity index is 1180. The van der Waals surface area contributed by atoms with Gasteiger partial charge in [-0.2, -0.15) is 0 Å². The molecule has 0 aliphatic carbocycles. The second-order valence-corrected chi connectivity index (χ2v) is 8.70. The molecule has 5 nitrogen and oxygen atoms in total. The van der Waals surface area contributed by atoms with E-state index >= 15 is 0 Å². The topological polar surface area (TPSA) is 86.6 Å². The predicted molar refractivity (Wildman–Crippen MR) is 112 cm³/mol. The lowest BCUT2D eigenvalue weighted by Gasteiger charge is -2.13. The number of hydrogen-bond donors (Lipinski definition) is 3. The fourth-order valence-corrected chi connectivity index (χ4v) is 5.39. The summed E-state index contributed by atoms with van der Waals surface area (Å²) in [5.41, 5.74) is 1.03. The van der Waals surface area contributed by atoms with Gasteiger partial charge < -0.3 is 15.5 Å². The van der Waals surface area contributed by atoms with Gasteiger partial charge in [0.25, 0.3) is 5.91 Å². The van der Waals surface area contributed by atoms with Crippen LogP contribution in [0.15, 0.2) is 52.4 Å². The minimum atomic E-state index is -1.21. The van der Waals surface area contributed by atoms with Crippen LogP contribution in [0.5, 0.6) is 5.75 Å². The highest BCUT2D eigenvalue weighted by molar-refractivity contribution is 8.03. The smallest absolute Gasteiger partial charge is 0.334 e. The standard InChI is InChI=1S/C21H16FNO4S2/c1-10-2-3-12(15(22)6-10)14-9-29-20(18(14)21(26)27)23-19(25)13-8-17-11(4-5-28-17)7-16(13)24/h2-8,14,24H,9H2,1H3,(H,23,25)(H,26,27). The third-order valence-electron chi connectivity index (χ3n) is 4.79. The van der Waals surface area contributed by atoms with Crippen molar-refractivity contribution in [2.45, 2.75) is 12.8 Å². The van der Waals surface area contributed by atoms with Gasteiger partial charge in [-0.15, -0.1) is 23.1 Å². The van der Waals surface area contributed by atoms with Gasteiger partial charge in [-0.25, -0.2) is 9.18 Å². The van der Waals surface area contributed by atoms with Crippen molar-refractivity contribution in [3.8, 4) is 5.75 Å². The zero-order valence-electron chi connectivity index (χ0n) is 15.2. The molecule has 1 unspecified atom stereocenters. The second-order valence-electron chi connectivity index (χ2n) is 6.72. The molecule has 3 N–H and O–H groups in total. The highest BCUT2D eigenvalue weighted by Crippen LogP contribution is 2.42. The van der Waals surface area contributed by atoms with Crippen LogP contribution in [0.3, 0.4) is 0 Å². The van der Waals surface area contributed by atoms with E-state index in [0.717, 1.165) is 27.4 Å². The summed E-state index contributed by atoms with van der Waals surface area (Å²) in [5.74, 6) is -2.86. The van der Waals surface area contributed by atoms with E-state index < -0.39 is 23.6 Å². The van der Waals surface area contributed by atoms with Gasteiger partial charge in [-0.3, -0.25) is 4.79 Å². The maximum absolute atomic E-state index is 14.4. The lowest BCUT2D eigenvalue weighted by atomic mass is 9.92. The molecule has 0 radical (unpaired) electrons. The summed E-state index contributed by atoms with van der Waals surface area (Å²) in [4.78, 5) is 24.6. The van der Waals surface area contributed by atoms with Crippen LogP contribution in [0.1, 0.15) is 27.4 Å². The van der Waals surface area contributed by atoms with Crippen molar-refractivity contribution >= 4 is 45.1 Å². The summed E-state index contributed by atoms with van der Waals surface area (Å²) in [6, 6.07) is 9.58. The average molecular weight is 429 g/mol. The molecule has 1 aromatic heterocycles. The number of halogens is 1. The van der Waals surface area contributed by atoms with Gasteiger partial charge in [0, 0.05) is 16.4 Å². The Morgan fingerprint density at radius 2 is 2.00 bits per heavy atom. The number of aliphatic carboxylic acids is 1. The molecule has 2 heterocycles. The van der Waals surface area contributed by atoms with E-state index in [1.54, 1.807) is 25.1 Å². The molecule has 29 heavy (non-hydrogen) atoms. The van der Waals surface area contributed by atoms with E-state index in [1.807, 2.05) is 11.4 Å². The number of nitrogens with one attached hydrogen (secondary N) is 1. The van der Waals surface area contributed by atoms with Crippen molar-refractivity contribution < 1.29 is 24.2 Å². The molecule has 8 heteroatoms. The first-order valence-electron chi connectivity index (χ1n) is 8.73. The molecule has 2 aromatic carbocycles. The number of amides is 1. The molecular weight excluding hydrogens is 413 g/mol. The number of aryl methyl sites for hydroxylation is 1. The van der Waals surface area contributed by atoms with Crippen LogP contribution in [0.2, 0.25) is 0 Å².